The average molecular weight is 255 g/mol. The zero-order valence-electron chi connectivity index (χ0n) is 11.2. The summed E-state index contributed by atoms with van der Waals surface area (Å²) >= 11 is 6.02. The summed E-state index contributed by atoms with van der Waals surface area (Å²) in [5.74, 6) is 0. The predicted molar refractivity (Wildman–Crippen MR) is 75.3 cm³/mol. The van der Waals surface area contributed by atoms with Gasteiger partial charge in [-0.15, -0.1) is 0 Å². The molecular weight excluding hydrogens is 232 g/mol. The van der Waals surface area contributed by atoms with Gasteiger partial charge in [0.05, 0.1) is 0 Å². The number of rotatable bonds is 4. The van der Waals surface area contributed by atoms with Crippen molar-refractivity contribution in [1.29, 1.82) is 0 Å². The molecule has 0 heterocycles. The van der Waals surface area contributed by atoms with E-state index in [1.807, 2.05) is 18.2 Å². The molecule has 0 aliphatic heterocycles. The van der Waals surface area contributed by atoms with Crippen LogP contribution in [0.25, 0.3) is 0 Å². The van der Waals surface area contributed by atoms with Crippen LogP contribution in [-0.2, 0) is 0 Å². The van der Waals surface area contributed by atoms with E-state index >= 15 is 0 Å². The molecule has 0 saturated heterocycles. The van der Waals surface area contributed by atoms with Gasteiger partial charge in [-0.05, 0) is 30.2 Å². The van der Waals surface area contributed by atoms with E-state index in [0.717, 1.165) is 11.6 Å². The van der Waals surface area contributed by atoms with Crippen molar-refractivity contribution in [2.24, 2.45) is 11.1 Å². The Bertz CT molecular complexity index is 357. The summed E-state index contributed by atoms with van der Waals surface area (Å²) < 4.78 is 0. The van der Waals surface area contributed by atoms with E-state index < -0.39 is 0 Å². The van der Waals surface area contributed by atoms with Gasteiger partial charge in [-0.1, -0.05) is 44.5 Å². The summed E-state index contributed by atoms with van der Waals surface area (Å²) in [6.07, 6.45) is 0. The first-order valence-corrected chi connectivity index (χ1v) is 6.37. The second-order valence-corrected chi connectivity index (χ2v) is 6.22. The maximum Gasteiger partial charge on any atom is 0.0468 e. The molecule has 0 bridgehead atoms. The Morgan fingerprint density at radius 3 is 2.47 bits per heavy atom. The van der Waals surface area contributed by atoms with Crippen LogP contribution in [0.4, 0.5) is 0 Å². The minimum atomic E-state index is 0.230. The number of halogens is 1. The van der Waals surface area contributed by atoms with Crippen LogP contribution in [0.1, 0.15) is 32.4 Å². The molecule has 0 saturated carbocycles. The molecule has 2 N–H and O–H groups in total. The number of hydrogen-bond donors (Lipinski definition) is 1. The molecule has 1 aromatic carbocycles. The fourth-order valence-electron chi connectivity index (χ4n) is 2.14. The lowest BCUT2D eigenvalue weighted by Gasteiger charge is -2.33. The molecule has 0 spiro atoms. The summed E-state index contributed by atoms with van der Waals surface area (Å²) in [7, 11) is 2.11. The molecule has 1 atom stereocenters. The van der Waals surface area contributed by atoms with Crippen LogP contribution in [0.3, 0.4) is 0 Å². The second kappa shape index (κ2) is 5.85. The van der Waals surface area contributed by atoms with Crippen molar-refractivity contribution in [1.82, 2.24) is 4.90 Å². The van der Waals surface area contributed by atoms with Gasteiger partial charge in [0.25, 0.3) is 0 Å². The first kappa shape index (κ1) is 14.5. The normalized spacial score (nSPS) is 14.1. The van der Waals surface area contributed by atoms with E-state index in [-0.39, 0.29) is 11.5 Å². The highest BCUT2D eigenvalue weighted by Crippen LogP contribution is 2.25. The maximum absolute atomic E-state index is 6.02. The van der Waals surface area contributed by atoms with E-state index in [1.54, 1.807) is 0 Å². The van der Waals surface area contributed by atoms with Crippen molar-refractivity contribution in [3.63, 3.8) is 0 Å². The first-order valence-electron chi connectivity index (χ1n) is 5.99. The SMILES string of the molecule is CN(CC(C)(C)C)C(CN)c1cccc(Cl)c1. The number of likely N-dealkylation sites (N-methyl/N-ethyl adjacent to an activating group) is 1. The molecule has 0 aliphatic rings. The van der Waals surface area contributed by atoms with Crippen LogP contribution in [-0.4, -0.2) is 25.0 Å². The minimum absolute atomic E-state index is 0.230. The van der Waals surface area contributed by atoms with E-state index in [2.05, 4.69) is 38.8 Å². The quantitative estimate of drug-likeness (QED) is 0.893. The molecule has 1 rings (SSSR count). The third-order valence-electron chi connectivity index (χ3n) is 2.71. The molecule has 1 aromatic rings. The fourth-order valence-corrected chi connectivity index (χ4v) is 2.34. The summed E-state index contributed by atoms with van der Waals surface area (Å²) in [5.41, 5.74) is 7.34. The van der Waals surface area contributed by atoms with Crippen LogP contribution < -0.4 is 5.73 Å². The van der Waals surface area contributed by atoms with Crippen LogP contribution >= 0.6 is 11.6 Å². The Hall–Kier alpha value is -0.570. The molecule has 0 aromatic heterocycles. The monoisotopic (exact) mass is 254 g/mol. The van der Waals surface area contributed by atoms with E-state index in [1.165, 1.54) is 5.56 Å². The summed E-state index contributed by atoms with van der Waals surface area (Å²) in [4.78, 5) is 2.30. The molecule has 96 valence electrons. The van der Waals surface area contributed by atoms with Crippen LogP contribution in [0.5, 0.6) is 0 Å². The van der Waals surface area contributed by atoms with Crippen molar-refractivity contribution in [2.45, 2.75) is 26.8 Å². The fraction of sp³-hybridized carbons (Fsp3) is 0.571. The molecule has 0 radical (unpaired) electrons. The first-order chi connectivity index (χ1) is 7.83. The highest BCUT2D eigenvalue weighted by Gasteiger charge is 2.20. The van der Waals surface area contributed by atoms with Gasteiger partial charge < -0.3 is 5.73 Å². The maximum atomic E-state index is 6.02. The summed E-state index contributed by atoms with van der Waals surface area (Å²) in [5, 5.41) is 0.769. The third-order valence-corrected chi connectivity index (χ3v) is 2.95. The minimum Gasteiger partial charge on any atom is -0.329 e. The zero-order chi connectivity index (χ0) is 13.1. The molecule has 0 amide bonds. The molecule has 2 nitrogen and oxygen atoms in total. The smallest absolute Gasteiger partial charge is 0.0468 e. The van der Waals surface area contributed by atoms with Gasteiger partial charge in [-0.25, -0.2) is 0 Å². The summed E-state index contributed by atoms with van der Waals surface area (Å²) in [6.45, 7) is 8.30. The number of hydrogen-bond acceptors (Lipinski definition) is 2. The van der Waals surface area contributed by atoms with Crippen molar-refractivity contribution in [3.05, 3.63) is 34.9 Å². The third kappa shape index (κ3) is 4.66. The van der Waals surface area contributed by atoms with Gasteiger partial charge in [0, 0.05) is 24.2 Å². The predicted octanol–water partition coefficient (Wildman–Crippen LogP) is 3.32. The van der Waals surface area contributed by atoms with Crippen molar-refractivity contribution >= 4 is 11.6 Å². The summed E-state index contributed by atoms with van der Waals surface area (Å²) in [6, 6.07) is 8.18. The van der Waals surface area contributed by atoms with E-state index in [9.17, 15) is 0 Å². The van der Waals surface area contributed by atoms with Gasteiger partial charge in [0.15, 0.2) is 0 Å². The van der Waals surface area contributed by atoms with Crippen molar-refractivity contribution in [2.75, 3.05) is 20.1 Å². The van der Waals surface area contributed by atoms with Crippen LogP contribution in [0.15, 0.2) is 24.3 Å². The number of benzene rings is 1. The van der Waals surface area contributed by atoms with Crippen molar-refractivity contribution in [3.8, 4) is 0 Å². The zero-order valence-corrected chi connectivity index (χ0v) is 12.0. The standard InChI is InChI=1S/C14H23ClN2/c1-14(2,3)10-17(4)13(9-16)11-6-5-7-12(15)8-11/h5-8,13H,9-10,16H2,1-4H3. The highest BCUT2D eigenvalue weighted by molar-refractivity contribution is 6.30. The topological polar surface area (TPSA) is 29.3 Å². The van der Waals surface area contributed by atoms with E-state index in [0.29, 0.717) is 6.54 Å². The Kier molecular flexibility index (Phi) is 4.99. The van der Waals surface area contributed by atoms with Gasteiger partial charge in [0.2, 0.25) is 0 Å². The largest absolute Gasteiger partial charge is 0.329 e. The number of nitrogens with two attached hydrogens (primary N) is 1. The molecular formula is C14H23ClN2. The lowest BCUT2D eigenvalue weighted by Crippen LogP contribution is -2.36. The van der Waals surface area contributed by atoms with Crippen LogP contribution in [0.2, 0.25) is 5.02 Å². The molecule has 0 aliphatic carbocycles. The highest BCUT2D eigenvalue weighted by atomic mass is 35.5. The molecule has 1 unspecified atom stereocenters. The molecule has 17 heavy (non-hydrogen) atoms. The Morgan fingerprint density at radius 2 is 2.00 bits per heavy atom. The van der Waals surface area contributed by atoms with E-state index in [4.69, 9.17) is 17.3 Å². The number of nitrogens with zero attached hydrogens (tertiary/aromatic N) is 1. The van der Waals surface area contributed by atoms with Gasteiger partial charge in [0.1, 0.15) is 0 Å². The lowest BCUT2D eigenvalue weighted by molar-refractivity contribution is 0.176. The Morgan fingerprint density at radius 1 is 1.35 bits per heavy atom. The van der Waals surface area contributed by atoms with Gasteiger partial charge in [-0.2, -0.15) is 0 Å². The van der Waals surface area contributed by atoms with Gasteiger partial charge >= 0.3 is 0 Å². The molecule has 3 heteroatoms. The lowest BCUT2D eigenvalue weighted by atomic mass is 9.94. The van der Waals surface area contributed by atoms with Crippen LogP contribution in [0, 0.1) is 5.41 Å². The Labute approximate surface area is 110 Å². The average Bonchev–Trinajstić information content (AvgIpc) is 2.15. The van der Waals surface area contributed by atoms with Gasteiger partial charge in [-0.3, -0.25) is 4.90 Å². The Balaban J connectivity index is 2.84. The second-order valence-electron chi connectivity index (χ2n) is 5.78. The van der Waals surface area contributed by atoms with Crippen molar-refractivity contribution < 1.29 is 0 Å². The molecule has 0 fully saturated rings.